The number of sulfone groups is 1. The van der Waals surface area contributed by atoms with Gasteiger partial charge in [-0.3, -0.25) is 4.79 Å². The maximum atomic E-state index is 11.8. The Bertz CT molecular complexity index is 543. The molecule has 20 heavy (non-hydrogen) atoms. The molecule has 2 N–H and O–H groups in total. The molecule has 0 radical (unpaired) electrons. The highest BCUT2D eigenvalue weighted by Gasteiger charge is 2.25. The summed E-state index contributed by atoms with van der Waals surface area (Å²) in [5, 5.41) is 5.91. The summed E-state index contributed by atoms with van der Waals surface area (Å²) in [5.74, 6) is 0.119. The van der Waals surface area contributed by atoms with E-state index in [2.05, 4.69) is 10.6 Å². The second kappa shape index (κ2) is 6.85. The standard InChI is InChI=1S/C14H20N2O3S/c17-14(10-13-11-20(18,19)9-8-15-13)16-7-6-12-4-2-1-3-5-12/h1-5,13,15H,6-11H2,(H,16,17). The molecule has 0 aromatic heterocycles. The van der Waals surface area contributed by atoms with E-state index in [4.69, 9.17) is 0 Å². The van der Waals surface area contributed by atoms with Crippen LogP contribution in [0, 0.1) is 0 Å². The van der Waals surface area contributed by atoms with E-state index in [1.165, 1.54) is 5.56 Å². The third-order valence-electron chi connectivity index (χ3n) is 3.31. The first-order valence-electron chi connectivity index (χ1n) is 6.79. The molecule has 1 fully saturated rings. The maximum Gasteiger partial charge on any atom is 0.221 e. The molecule has 0 spiro atoms. The monoisotopic (exact) mass is 296 g/mol. The third kappa shape index (κ3) is 4.94. The molecule has 1 aromatic rings. The van der Waals surface area contributed by atoms with Gasteiger partial charge in [0.05, 0.1) is 11.5 Å². The van der Waals surface area contributed by atoms with Gasteiger partial charge in [0.25, 0.3) is 0 Å². The van der Waals surface area contributed by atoms with Gasteiger partial charge in [-0.1, -0.05) is 30.3 Å². The van der Waals surface area contributed by atoms with Crippen molar-refractivity contribution in [1.29, 1.82) is 0 Å². The molecule has 1 atom stereocenters. The zero-order chi connectivity index (χ0) is 14.4. The summed E-state index contributed by atoms with van der Waals surface area (Å²) in [6, 6.07) is 9.66. The van der Waals surface area contributed by atoms with E-state index >= 15 is 0 Å². The van der Waals surface area contributed by atoms with Crippen LogP contribution < -0.4 is 10.6 Å². The average molecular weight is 296 g/mol. The van der Waals surface area contributed by atoms with Crippen molar-refractivity contribution < 1.29 is 13.2 Å². The number of carbonyl (C=O) groups excluding carboxylic acids is 1. The summed E-state index contributed by atoms with van der Waals surface area (Å²) in [7, 11) is -2.98. The molecular formula is C14H20N2O3S. The van der Waals surface area contributed by atoms with Crippen LogP contribution in [0.5, 0.6) is 0 Å². The number of benzene rings is 1. The molecule has 6 heteroatoms. The van der Waals surface area contributed by atoms with Crippen LogP contribution in [0.25, 0.3) is 0 Å². The van der Waals surface area contributed by atoms with Crippen LogP contribution in [0.2, 0.25) is 0 Å². The van der Waals surface area contributed by atoms with Gasteiger partial charge in [-0.2, -0.15) is 0 Å². The van der Waals surface area contributed by atoms with Gasteiger partial charge in [0.15, 0.2) is 9.84 Å². The summed E-state index contributed by atoms with van der Waals surface area (Å²) < 4.78 is 22.9. The smallest absolute Gasteiger partial charge is 0.221 e. The van der Waals surface area contributed by atoms with Gasteiger partial charge in [0.1, 0.15) is 0 Å². The molecule has 5 nitrogen and oxygen atoms in total. The predicted molar refractivity (Wildman–Crippen MR) is 78.2 cm³/mol. The van der Waals surface area contributed by atoms with Crippen LogP contribution >= 0.6 is 0 Å². The molecule has 0 aliphatic carbocycles. The summed E-state index contributed by atoms with van der Waals surface area (Å²) in [6.07, 6.45) is 0.997. The van der Waals surface area contributed by atoms with Crippen molar-refractivity contribution in [2.75, 3.05) is 24.6 Å². The van der Waals surface area contributed by atoms with Gasteiger partial charge in [0.2, 0.25) is 5.91 Å². The van der Waals surface area contributed by atoms with Crippen LogP contribution in [0.15, 0.2) is 30.3 Å². The van der Waals surface area contributed by atoms with Crippen LogP contribution in [0.1, 0.15) is 12.0 Å². The first-order chi connectivity index (χ1) is 9.55. The average Bonchev–Trinajstić information content (AvgIpc) is 2.38. The lowest BCUT2D eigenvalue weighted by molar-refractivity contribution is -0.121. The molecule has 1 saturated heterocycles. The van der Waals surface area contributed by atoms with Crippen LogP contribution in [0.4, 0.5) is 0 Å². The summed E-state index contributed by atoms with van der Waals surface area (Å²) in [4.78, 5) is 11.8. The van der Waals surface area contributed by atoms with E-state index in [9.17, 15) is 13.2 Å². The second-order valence-electron chi connectivity index (χ2n) is 5.06. The fourth-order valence-corrected chi connectivity index (χ4v) is 3.73. The Hall–Kier alpha value is -1.40. The molecule has 1 aromatic carbocycles. The third-order valence-corrected chi connectivity index (χ3v) is 5.05. The quantitative estimate of drug-likeness (QED) is 0.809. The summed E-state index contributed by atoms with van der Waals surface area (Å²) >= 11 is 0. The van der Waals surface area contributed by atoms with Crippen molar-refractivity contribution >= 4 is 15.7 Å². The van der Waals surface area contributed by atoms with E-state index in [1.807, 2.05) is 30.3 Å². The lowest BCUT2D eigenvalue weighted by atomic mass is 10.1. The van der Waals surface area contributed by atoms with Gasteiger partial charge in [-0.25, -0.2) is 8.42 Å². The second-order valence-corrected chi connectivity index (χ2v) is 7.28. The highest BCUT2D eigenvalue weighted by Crippen LogP contribution is 2.05. The zero-order valence-electron chi connectivity index (χ0n) is 11.3. The number of hydrogen-bond acceptors (Lipinski definition) is 4. The van der Waals surface area contributed by atoms with Crippen molar-refractivity contribution in [2.45, 2.75) is 18.9 Å². The Morgan fingerprint density at radius 2 is 2.05 bits per heavy atom. The Balaban J connectivity index is 1.70. The Morgan fingerprint density at radius 1 is 1.30 bits per heavy atom. The van der Waals surface area contributed by atoms with Crippen LogP contribution in [-0.4, -0.2) is 45.0 Å². The number of amides is 1. The number of rotatable bonds is 5. The SMILES string of the molecule is O=C(CC1CS(=O)(=O)CCN1)NCCc1ccccc1. The minimum Gasteiger partial charge on any atom is -0.356 e. The first kappa shape index (κ1) is 15.0. The van der Waals surface area contributed by atoms with Crippen LogP contribution in [0.3, 0.4) is 0 Å². The van der Waals surface area contributed by atoms with E-state index in [0.29, 0.717) is 13.1 Å². The largest absolute Gasteiger partial charge is 0.356 e. The minimum atomic E-state index is -2.98. The molecular weight excluding hydrogens is 276 g/mol. The van der Waals surface area contributed by atoms with Gasteiger partial charge in [-0.05, 0) is 12.0 Å². The normalized spacial score (nSPS) is 21.3. The minimum absolute atomic E-state index is 0.0547. The van der Waals surface area contributed by atoms with Gasteiger partial charge < -0.3 is 10.6 Å². The molecule has 110 valence electrons. The van der Waals surface area contributed by atoms with Gasteiger partial charge >= 0.3 is 0 Å². The van der Waals surface area contributed by atoms with Gasteiger partial charge in [-0.15, -0.1) is 0 Å². The van der Waals surface area contributed by atoms with Crippen molar-refractivity contribution in [2.24, 2.45) is 0 Å². The fraction of sp³-hybridized carbons (Fsp3) is 0.500. The molecule has 1 amide bonds. The Kier molecular flexibility index (Phi) is 5.14. The molecule has 0 saturated carbocycles. The van der Waals surface area contributed by atoms with Gasteiger partial charge in [0, 0.05) is 25.6 Å². The highest BCUT2D eigenvalue weighted by atomic mass is 32.2. The Morgan fingerprint density at radius 3 is 2.75 bits per heavy atom. The number of carbonyl (C=O) groups is 1. The summed E-state index contributed by atoms with van der Waals surface area (Å²) in [5.41, 5.74) is 1.17. The van der Waals surface area contributed by atoms with Crippen molar-refractivity contribution in [1.82, 2.24) is 10.6 Å². The van der Waals surface area contributed by atoms with E-state index < -0.39 is 9.84 Å². The molecule has 1 heterocycles. The lowest BCUT2D eigenvalue weighted by Gasteiger charge is -2.23. The van der Waals surface area contributed by atoms with Crippen LogP contribution in [-0.2, 0) is 21.1 Å². The lowest BCUT2D eigenvalue weighted by Crippen LogP contribution is -2.47. The molecule has 0 bridgehead atoms. The topological polar surface area (TPSA) is 75.3 Å². The fourth-order valence-electron chi connectivity index (χ4n) is 2.29. The molecule has 2 rings (SSSR count). The number of hydrogen-bond donors (Lipinski definition) is 2. The predicted octanol–water partition coefficient (Wildman–Crippen LogP) is 0.122. The highest BCUT2D eigenvalue weighted by molar-refractivity contribution is 7.91. The Labute approximate surface area is 119 Å². The zero-order valence-corrected chi connectivity index (χ0v) is 12.2. The molecule has 1 unspecified atom stereocenters. The summed E-state index contributed by atoms with van der Waals surface area (Å²) in [6.45, 7) is 1.01. The molecule has 1 aliphatic rings. The van der Waals surface area contributed by atoms with Crippen molar-refractivity contribution in [3.05, 3.63) is 35.9 Å². The first-order valence-corrected chi connectivity index (χ1v) is 8.62. The van der Waals surface area contributed by atoms with Crippen molar-refractivity contribution in [3.8, 4) is 0 Å². The van der Waals surface area contributed by atoms with E-state index in [1.54, 1.807) is 0 Å². The number of nitrogens with one attached hydrogen (secondary N) is 2. The van der Waals surface area contributed by atoms with E-state index in [0.717, 1.165) is 6.42 Å². The molecule has 1 aliphatic heterocycles. The maximum absolute atomic E-state index is 11.8. The van der Waals surface area contributed by atoms with E-state index in [-0.39, 0.29) is 29.9 Å². The van der Waals surface area contributed by atoms with Crippen molar-refractivity contribution in [3.63, 3.8) is 0 Å².